The zero-order chi connectivity index (χ0) is 16.6. The summed E-state index contributed by atoms with van der Waals surface area (Å²) < 4.78 is 5.30. The van der Waals surface area contributed by atoms with E-state index in [1.807, 2.05) is 0 Å². The Kier molecular flexibility index (Phi) is 4.55. The molecule has 1 fully saturated rings. The van der Waals surface area contributed by atoms with E-state index < -0.39 is 41.1 Å². The number of carbonyl (C=O) groups excluding carboxylic acids is 1. The molecule has 0 bridgehead atoms. The molecule has 7 nitrogen and oxygen atoms in total. The molecule has 2 N–H and O–H groups in total. The highest BCUT2D eigenvalue weighted by Gasteiger charge is 2.51. The maximum atomic E-state index is 12.4. The van der Waals surface area contributed by atoms with Gasteiger partial charge in [0.2, 0.25) is 0 Å². The molecule has 1 aliphatic heterocycles. The highest BCUT2D eigenvalue weighted by Crippen LogP contribution is 2.38. The summed E-state index contributed by atoms with van der Waals surface area (Å²) in [6, 6.07) is -0.912. The maximum Gasteiger partial charge on any atom is 0.411 e. The smallest absolute Gasteiger partial charge is 0.411 e. The molecular weight excluding hydrogens is 278 g/mol. The van der Waals surface area contributed by atoms with Crippen molar-refractivity contribution in [3.8, 4) is 0 Å². The van der Waals surface area contributed by atoms with Crippen LogP contribution in [0.4, 0.5) is 4.79 Å². The van der Waals surface area contributed by atoms with Gasteiger partial charge in [-0.2, -0.15) is 0 Å². The minimum atomic E-state index is -1.65. The van der Waals surface area contributed by atoms with Crippen molar-refractivity contribution in [3.63, 3.8) is 0 Å². The van der Waals surface area contributed by atoms with Gasteiger partial charge in [-0.25, -0.2) is 4.79 Å². The van der Waals surface area contributed by atoms with Gasteiger partial charge in [-0.1, -0.05) is 0 Å². The van der Waals surface area contributed by atoms with Gasteiger partial charge in [0.05, 0.1) is 6.04 Å². The first-order valence-electron chi connectivity index (χ1n) is 6.85. The molecule has 0 spiro atoms. The molecule has 1 amide bonds. The summed E-state index contributed by atoms with van der Waals surface area (Å²) in [6.45, 7) is 8.66. The van der Waals surface area contributed by atoms with Gasteiger partial charge in [0, 0.05) is 5.54 Å². The van der Waals surface area contributed by atoms with Gasteiger partial charge < -0.3 is 14.9 Å². The summed E-state index contributed by atoms with van der Waals surface area (Å²) in [7, 11) is 0. The van der Waals surface area contributed by atoms with Crippen molar-refractivity contribution in [1.29, 1.82) is 0 Å². The Morgan fingerprint density at radius 3 is 2.05 bits per heavy atom. The number of carbonyl (C=O) groups is 3. The molecule has 120 valence electrons. The summed E-state index contributed by atoms with van der Waals surface area (Å²) in [5, 5.41) is 18.3. The van der Waals surface area contributed by atoms with Crippen LogP contribution in [0.5, 0.6) is 0 Å². The minimum absolute atomic E-state index is 0.315. The molecule has 0 aliphatic carbocycles. The number of rotatable bonds is 3. The molecule has 0 aromatic rings. The van der Waals surface area contributed by atoms with Crippen LogP contribution in [-0.2, 0) is 14.3 Å². The van der Waals surface area contributed by atoms with Crippen LogP contribution in [-0.4, -0.2) is 50.3 Å². The number of carboxylic acids is 2. The monoisotopic (exact) mass is 301 g/mol. The lowest BCUT2D eigenvalue weighted by atomic mass is 9.98. The normalized spacial score (nSPS) is 21.4. The Morgan fingerprint density at radius 1 is 1.19 bits per heavy atom. The number of likely N-dealkylation sites (tertiary alicyclic amines) is 1. The molecule has 1 unspecified atom stereocenters. The number of amides is 1. The molecule has 1 heterocycles. The fraction of sp³-hybridized carbons (Fsp3) is 0.786. The second-order valence-electron chi connectivity index (χ2n) is 6.92. The van der Waals surface area contributed by atoms with Crippen LogP contribution in [0.2, 0.25) is 0 Å². The van der Waals surface area contributed by atoms with Crippen LogP contribution in [0.15, 0.2) is 0 Å². The van der Waals surface area contributed by atoms with Crippen molar-refractivity contribution < 1.29 is 29.3 Å². The molecule has 1 saturated heterocycles. The fourth-order valence-electron chi connectivity index (χ4n) is 2.64. The Bertz CT molecular complexity index is 437. The van der Waals surface area contributed by atoms with Crippen LogP contribution >= 0.6 is 0 Å². The van der Waals surface area contributed by atoms with E-state index in [0.29, 0.717) is 12.8 Å². The van der Waals surface area contributed by atoms with Crippen LogP contribution in [0.25, 0.3) is 0 Å². The largest absolute Gasteiger partial charge is 0.481 e. The first-order chi connectivity index (χ1) is 9.37. The van der Waals surface area contributed by atoms with Gasteiger partial charge in [0.25, 0.3) is 0 Å². The van der Waals surface area contributed by atoms with Crippen LogP contribution in [0, 0.1) is 5.92 Å². The van der Waals surface area contributed by atoms with Crippen molar-refractivity contribution in [1.82, 2.24) is 4.90 Å². The molecule has 0 aromatic carbocycles. The Hall–Kier alpha value is -1.79. The molecular formula is C14H23NO6. The minimum Gasteiger partial charge on any atom is -0.481 e. The molecule has 0 aromatic heterocycles. The highest BCUT2D eigenvalue weighted by atomic mass is 16.6. The van der Waals surface area contributed by atoms with Crippen LogP contribution in [0.1, 0.15) is 47.5 Å². The molecule has 1 atom stereocenters. The SMILES string of the molecule is CC(C)(C)OC(=O)N1C(C(C(=O)O)C(=O)O)CCC1(C)C. The molecule has 1 aliphatic rings. The van der Waals surface area contributed by atoms with Gasteiger partial charge in [-0.15, -0.1) is 0 Å². The first-order valence-corrected chi connectivity index (χ1v) is 6.85. The van der Waals surface area contributed by atoms with Crippen molar-refractivity contribution in [2.45, 2.75) is 64.6 Å². The second kappa shape index (κ2) is 5.54. The van der Waals surface area contributed by atoms with E-state index in [-0.39, 0.29) is 0 Å². The predicted molar refractivity (Wildman–Crippen MR) is 73.9 cm³/mol. The Balaban J connectivity index is 3.12. The number of hydrogen-bond acceptors (Lipinski definition) is 4. The third kappa shape index (κ3) is 3.86. The number of aliphatic carboxylic acids is 2. The van der Waals surface area contributed by atoms with E-state index in [4.69, 9.17) is 14.9 Å². The summed E-state index contributed by atoms with van der Waals surface area (Å²) in [5.41, 5.74) is -1.38. The molecule has 0 saturated carbocycles. The fourth-order valence-corrected chi connectivity index (χ4v) is 2.64. The van der Waals surface area contributed by atoms with Crippen LogP contribution in [0.3, 0.4) is 0 Å². The third-order valence-electron chi connectivity index (χ3n) is 3.54. The summed E-state index contributed by atoms with van der Waals surface area (Å²) >= 11 is 0. The molecule has 1 rings (SSSR count). The molecule has 0 radical (unpaired) electrons. The second-order valence-corrected chi connectivity index (χ2v) is 6.92. The lowest BCUT2D eigenvalue weighted by molar-refractivity contribution is -0.157. The predicted octanol–water partition coefficient (Wildman–Crippen LogP) is 1.95. The zero-order valence-electron chi connectivity index (χ0n) is 13.0. The summed E-state index contributed by atoms with van der Waals surface area (Å²) in [6.07, 6.45) is 0.159. The lowest BCUT2D eigenvalue weighted by Crippen LogP contribution is -2.53. The van der Waals surface area contributed by atoms with E-state index in [1.54, 1.807) is 34.6 Å². The number of ether oxygens (including phenoxy) is 1. The number of carboxylic acid groups (broad SMARTS) is 2. The first kappa shape index (κ1) is 17.3. The van der Waals surface area contributed by atoms with Gasteiger partial charge in [0.15, 0.2) is 5.92 Å². The molecule has 7 heteroatoms. The van der Waals surface area contributed by atoms with Crippen molar-refractivity contribution in [2.75, 3.05) is 0 Å². The van der Waals surface area contributed by atoms with E-state index in [2.05, 4.69) is 0 Å². The van der Waals surface area contributed by atoms with E-state index >= 15 is 0 Å². The molecule has 21 heavy (non-hydrogen) atoms. The summed E-state index contributed by atoms with van der Waals surface area (Å²) in [4.78, 5) is 36.1. The van der Waals surface area contributed by atoms with Gasteiger partial charge in [0.1, 0.15) is 5.60 Å². The standard InChI is InChI=1S/C14H23NO6/c1-13(2,3)21-12(20)15-8(6-7-14(15,4)5)9(10(16)17)11(18)19/h8-9H,6-7H2,1-5H3,(H,16,17)(H,18,19). The zero-order valence-corrected chi connectivity index (χ0v) is 13.0. The van der Waals surface area contributed by atoms with E-state index in [1.165, 1.54) is 4.90 Å². The maximum absolute atomic E-state index is 12.4. The number of nitrogens with zero attached hydrogens (tertiary/aromatic N) is 1. The highest BCUT2D eigenvalue weighted by molar-refractivity contribution is 5.94. The lowest BCUT2D eigenvalue weighted by Gasteiger charge is -2.38. The van der Waals surface area contributed by atoms with Gasteiger partial charge in [-0.3, -0.25) is 14.5 Å². The van der Waals surface area contributed by atoms with Crippen LogP contribution < -0.4 is 0 Å². The van der Waals surface area contributed by atoms with E-state index in [9.17, 15) is 14.4 Å². The quantitative estimate of drug-likeness (QED) is 0.772. The average molecular weight is 301 g/mol. The Labute approximate surface area is 123 Å². The average Bonchev–Trinajstić information content (AvgIpc) is 2.50. The van der Waals surface area contributed by atoms with Gasteiger partial charge in [-0.05, 0) is 47.5 Å². The van der Waals surface area contributed by atoms with Crippen molar-refractivity contribution in [2.24, 2.45) is 5.92 Å². The van der Waals surface area contributed by atoms with E-state index in [0.717, 1.165) is 0 Å². The Morgan fingerprint density at radius 2 is 1.67 bits per heavy atom. The van der Waals surface area contributed by atoms with Crippen molar-refractivity contribution in [3.05, 3.63) is 0 Å². The number of hydrogen-bond donors (Lipinski definition) is 2. The third-order valence-corrected chi connectivity index (χ3v) is 3.54. The van der Waals surface area contributed by atoms with Gasteiger partial charge >= 0.3 is 18.0 Å². The summed E-state index contributed by atoms with van der Waals surface area (Å²) in [5.74, 6) is -4.54. The van der Waals surface area contributed by atoms with Crippen molar-refractivity contribution >= 4 is 18.0 Å². The topological polar surface area (TPSA) is 104 Å².